The number of carbonyl (C=O) groups excluding carboxylic acids is 1. The second-order valence-electron chi connectivity index (χ2n) is 6.52. The van der Waals surface area contributed by atoms with E-state index < -0.39 is 26.6 Å². The molecule has 160 valence electrons. The Hall–Kier alpha value is -2.49. The molecule has 10 heteroatoms. The summed E-state index contributed by atoms with van der Waals surface area (Å²) in [5.74, 6) is -1.75. The Labute approximate surface area is 178 Å². The lowest BCUT2D eigenvalue weighted by Crippen LogP contribution is -2.50. The molecule has 0 N–H and O–H groups in total. The summed E-state index contributed by atoms with van der Waals surface area (Å²) in [5.41, 5.74) is 0.631. The van der Waals surface area contributed by atoms with Crippen molar-refractivity contribution in [3.05, 3.63) is 64.7 Å². The first-order chi connectivity index (χ1) is 14.2. The van der Waals surface area contributed by atoms with Crippen molar-refractivity contribution in [2.45, 2.75) is 4.90 Å². The fourth-order valence-corrected chi connectivity index (χ4v) is 4.72. The van der Waals surface area contributed by atoms with Crippen LogP contribution >= 0.6 is 11.6 Å². The highest BCUT2D eigenvalue weighted by molar-refractivity contribution is 7.89. The van der Waals surface area contributed by atoms with Gasteiger partial charge in [0.2, 0.25) is 15.9 Å². The number of amides is 1. The van der Waals surface area contributed by atoms with Gasteiger partial charge in [0.1, 0.15) is 22.3 Å². The van der Waals surface area contributed by atoms with Gasteiger partial charge in [0.05, 0.1) is 7.11 Å². The van der Waals surface area contributed by atoms with E-state index in [1.165, 1.54) is 18.1 Å². The first kappa shape index (κ1) is 22.2. The predicted octanol–water partition coefficient (Wildman–Crippen LogP) is 3.17. The minimum Gasteiger partial charge on any atom is -0.496 e. The van der Waals surface area contributed by atoms with Gasteiger partial charge >= 0.3 is 0 Å². The first-order valence-corrected chi connectivity index (χ1v) is 10.8. The number of nitrogens with zero attached hydrogens (tertiary/aromatic N) is 2. The smallest absolute Gasteiger partial charge is 0.246 e. The summed E-state index contributed by atoms with van der Waals surface area (Å²) in [6.45, 7) is 0.272. The fraction of sp³-hybridized carbons (Fsp3) is 0.250. The Morgan fingerprint density at radius 1 is 1.10 bits per heavy atom. The van der Waals surface area contributed by atoms with Crippen LogP contribution in [0.25, 0.3) is 6.08 Å². The minimum absolute atomic E-state index is 0.000778. The van der Waals surface area contributed by atoms with E-state index in [1.807, 2.05) is 0 Å². The monoisotopic (exact) mass is 456 g/mol. The Balaban J connectivity index is 1.66. The van der Waals surface area contributed by atoms with E-state index in [0.717, 1.165) is 16.4 Å². The third kappa shape index (κ3) is 4.80. The van der Waals surface area contributed by atoms with E-state index in [4.69, 9.17) is 16.3 Å². The van der Waals surface area contributed by atoms with Crippen molar-refractivity contribution >= 4 is 33.6 Å². The number of rotatable bonds is 5. The van der Waals surface area contributed by atoms with Crippen molar-refractivity contribution in [1.29, 1.82) is 0 Å². The van der Waals surface area contributed by atoms with Crippen LogP contribution < -0.4 is 4.74 Å². The van der Waals surface area contributed by atoms with Gasteiger partial charge in [-0.15, -0.1) is 0 Å². The van der Waals surface area contributed by atoms with E-state index >= 15 is 0 Å². The van der Waals surface area contributed by atoms with E-state index in [2.05, 4.69) is 0 Å². The number of halogens is 3. The van der Waals surface area contributed by atoms with Crippen LogP contribution in [-0.4, -0.2) is 56.8 Å². The first-order valence-electron chi connectivity index (χ1n) is 8.98. The third-order valence-electron chi connectivity index (χ3n) is 4.66. The third-order valence-corrected chi connectivity index (χ3v) is 6.83. The van der Waals surface area contributed by atoms with Gasteiger partial charge in [0, 0.05) is 48.9 Å². The number of sulfonamides is 1. The molecular weight excluding hydrogens is 438 g/mol. The number of methoxy groups -OCH3 is 1. The SMILES string of the molecule is COc1ccc(Cl)cc1/C=C/C(=O)N1CCN(S(=O)(=O)c2ccc(F)cc2F)CC1. The van der Waals surface area contributed by atoms with Crippen LogP contribution in [0.1, 0.15) is 5.56 Å². The molecule has 0 saturated carbocycles. The molecule has 0 aromatic heterocycles. The molecule has 2 aromatic rings. The molecule has 0 unspecified atom stereocenters. The average Bonchev–Trinajstić information content (AvgIpc) is 2.72. The topological polar surface area (TPSA) is 66.9 Å². The predicted molar refractivity (Wildman–Crippen MR) is 109 cm³/mol. The molecular formula is C20H19ClF2N2O4S. The molecule has 6 nitrogen and oxygen atoms in total. The van der Waals surface area contributed by atoms with Gasteiger partial charge in [0.15, 0.2) is 0 Å². The van der Waals surface area contributed by atoms with E-state index in [0.29, 0.717) is 22.4 Å². The van der Waals surface area contributed by atoms with Gasteiger partial charge in [-0.25, -0.2) is 17.2 Å². The maximum atomic E-state index is 13.9. The Morgan fingerprint density at radius 2 is 1.80 bits per heavy atom. The summed E-state index contributed by atoms with van der Waals surface area (Å²) in [4.78, 5) is 13.4. The maximum Gasteiger partial charge on any atom is 0.246 e. The Morgan fingerprint density at radius 3 is 2.43 bits per heavy atom. The van der Waals surface area contributed by atoms with Gasteiger partial charge in [-0.3, -0.25) is 4.79 Å². The van der Waals surface area contributed by atoms with Crippen LogP contribution in [0.15, 0.2) is 47.4 Å². The van der Waals surface area contributed by atoms with Crippen LogP contribution in [0.2, 0.25) is 5.02 Å². The maximum absolute atomic E-state index is 13.9. The summed E-state index contributed by atoms with van der Waals surface area (Å²) < 4.78 is 58.6. The molecule has 1 amide bonds. The van der Waals surface area contributed by atoms with Gasteiger partial charge in [-0.1, -0.05) is 11.6 Å². The van der Waals surface area contributed by atoms with E-state index in [9.17, 15) is 22.0 Å². The molecule has 1 aliphatic heterocycles. The highest BCUT2D eigenvalue weighted by Gasteiger charge is 2.31. The summed E-state index contributed by atoms with van der Waals surface area (Å²) in [7, 11) is -2.62. The van der Waals surface area contributed by atoms with Gasteiger partial charge in [-0.05, 0) is 36.4 Å². The van der Waals surface area contributed by atoms with Crippen molar-refractivity contribution in [2.75, 3.05) is 33.3 Å². The number of ether oxygens (including phenoxy) is 1. The van der Waals surface area contributed by atoms with Crippen LogP contribution in [-0.2, 0) is 14.8 Å². The molecule has 0 bridgehead atoms. The zero-order valence-electron chi connectivity index (χ0n) is 16.0. The lowest BCUT2D eigenvalue weighted by atomic mass is 10.2. The second kappa shape index (κ2) is 9.11. The van der Waals surface area contributed by atoms with Crippen molar-refractivity contribution in [3.63, 3.8) is 0 Å². The lowest BCUT2D eigenvalue weighted by Gasteiger charge is -2.33. The van der Waals surface area contributed by atoms with Crippen molar-refractivity contribution < 1.29 is 26.7 Å². The molecule has 0 radical (unpaired) electrons. The number of benzene rings is 2. The summed E-state index contributed by atoms with van der Waals surface area (Å²) in [5, 5.41) is 0.495. The summed E-state index contributed by atoms with van der Waals surface area (Å²) in [6, 6.07) is 7.34. The zero-order valence-corrected chi connectivity index (χ0v) is 17.6. The van der Waals surface area contributed by atoms with Gasteiger partial charge in [-0.2, -0.15) is 4.31 Å². The Bertz CT molecular complexity index is 1080. The molecule has 1 saturated heterocycles. The van der Waals surface area contributed by atoms with Crippen molar-refractivity contribution in [3.8, 4) is 5.75 Å². The standard InChI is InChI=1S/C20H19ClF2N2O4S/c1-29-18-5-3-15(21)12-14(18)2-7-20(26)24-8-10-25(11-9-24)30(27,28)19-6-4-16(22)13-17(19)23/h2-7,12-13H,8-11H2,1H3/b7-2+. The van der Waals surface area contributed by atoms with Crippen LogP contribution in [0.3, 0.4) is 0 Å². The summed E-state index contributed by atoms with van der Waals surface area (Å²) >= 11 is 5.97. The number of carbonyl (C=O) groups is 1. The van der Waals surface area contributed by atoms with Gasteiger partial charge < -0.3 is 9.64 Å². The van der Waals surface area contributed by atoms with Gasteiger partial charge in [0.25, 0.3) is 0 Å². The van der Waals surface area contributed by atoms with Crippen LogP contribution in [0, 0.1) is 11.6 Å². The average molecular weight is 457 g/mol. The molecule has 1 heterocycles. The molecule has 0 aliphatic carbocycles. The molecule has 1 fully saturated rings. The second-order valence-corrected chi connectivity index (χ2v) is 8.87. The van der Waals surface area contributed by atoms with Crippen LogP contribution in [0.5, 0.6) is 5.75 Å². The van der Waals surface area contributed by atoms with Crippen molar-refractivity contribution in [1.82, 2.24) is 9.21 Å². The highest BCUT2D eigenvalue weighted by atomic mass is 35.5. The number of hydrogen-bond acceptors (Lipinski definition) is 4. The number of piperazine rings is 1. The molecule has 0 atom stereocenters. The largest absolute Gasteiger partial charge is 0.496 e. The van der Waals surface area contributed by atoms with E-state index in [1.54, 1.807) is 24.3 Å². The fourth-order valence-electron chi connectivity index (χ4n) is 3.07. The molecule has 2 aromatic carbocycles. The quantitative estimate of drug-likeness (QED) is 0.648. The molecule has 3 rings (SSSR count). The lowest BCUT2D eigenvalue weighted by molar-refractivity contribution is -0.127. The minimum atomic E-state index is -4.12. The van der Waals surface area contributed by atoms with E-state index in [-0.39, 0.29) is 32.1 Å². The zero-order chi connectivity index (χ0) is 21.9. The normalized spacial score (nSPS) is 15.5. The van der Waals surface area contributed by atoms with Crippen LogP contribution in [0.4, 0.5) is 8.78 Å². The molecule has 1 aliphatic rings. The van der Waals surface area contributed by atoms with Crippen molar-refractivity contribution in [2.24, 2.45) is 0 Å². The summed E-state index contributed by atoms with van der Waals surface area (Å²) in [6.07, 6.45) is 2.93. The Kier molecular flexibility index (Phi) is 6.74. The molecule has 0 spiro atoms. The molecule has 30 heavy (non-hydrogen) atoms. The highest BCUT2D eigenvalue weighted by Crippen LogP contribution is 2.24. The number of hydrogen-bond donors (Lipinski definition) is 0.